The van der Waals surface area contributed by atoms with Crippen LogP contribution < -0.4 is 0 Å². The highest BCUT2D eigenvalue weighted by Crippen LogP contribution is 2.33. The summed E-state index contributed by atoms with van der Waals surface area (Å²) < 4.78 is 6.90. The van der Waals surface area contributed by atoms with Gasteiger partial charge in [0.05, 0.1) is 0 Å². The van der Waals surface area contributed by atoms with E-state index in [9.17, 15) is 4.79 Å². The maximum Gasteiger partial charge on any atom is 0.289 e. The van der Waals surface area contributed by atoms with E-state index in [0.29, 0.717) is 18.1 Å². The van der Waals surface area contributed by atoms with Gasteiger partial charge in [-0.05, 0) is 30.5 Å². The molecule has 30 heavy (non-hydrogen) atoms. The summed E-state index contributed by atoms with van der Waals surface area (Å²) >= 11 is 3.13. The second-order valence-corrected chi connectivity index (χ2v) is 9.52. The van der Waals surface area contributed by atoms with Crippen LogP contribution in [0.5, 0.6) is 0 Å². The zero-order valence-electron chi connectivity index (χ0n) is 17.2. The predicted octanol–water partition coefficient (Wildman–Crippen LogP) is 5.72. The number of para-hydroxylation sites is 1. The Hall–Kier alpha value is -2.64. The number of hydrogen-bond acceptors (Lipinski definition) is 6. The summed E-state index contributed by atoms with van der Waals surface area (Å²) in [4.78, 5) is 15.0. The number of aryl methyl sites for hydroxylation is 2. The molecule has 2 heterocycles. The molecule has 0 radical (unpaired) electrons. The number of furan rings is 1. The van der Waals surface area contributed by atoms with E-state index < -0.39 is 0 Å². The summed E-state index contributed by atoms with van der Waals surface area (Å²) in [6.07, 6.45) is 1.00. The van der Waals surface area contributed by atoms with Gasteiger partial charge in [-0.3, -0.25) is 4.79 Å². The predicted molar refractivity (Wildman–Crippen MR) is 122 cm³/mol. The molecule has 2 aromatic heterocycles. The highest BCUT2D eigenvalue weighted by atomic mass is 32.2. The zero-order valence-corrected chi connectivity index (χ0v) is 18.8. The van der Waals surface area contributed by atoms with Gasteiger partial charge in [0.25, 0.3) is 5.91 Å². The molecule has 0 saturated heterocycles. The number of aromatic nitrogens is 2. The fourth-order valence-corrected chi connectivity index (χ4v) is 5.13. The first-order valence-electron chi connectivity index (χ1n) is 9.81. The van der Waals surface area contributed by atoms with Crippen molar-refractivity contribution >= 4 is 40.0 Å². The van der Waals surface area contributed by atoms with Crippen LogP contribution in [0, 0.1) is 6.92 Å². The van der Waals surface area contributed by atoms with Crippen LogP contribution in [0.3, 0.4) is 0 Å². The summed E-state index contributed by atoms with van der Waals surface area (Å²) in [6, 6.07) is 16.2. The number of fused-ring (bicyclic) bond motifs is 1. The number of amides is 1. The second kappa shape index (κ2) is 9.02. The topological polar surface area (TPSA) is 59.2 Å². The minimum absolute atomic E-state index is 0.116. The lowest BCUT2D eigenvalue weighted by molar-refractivity contribution is 0.0754. The van der Waals surface area contributed by atoms with Crippen molar-refractivity contribution in [1.82, 2.24) is 15.1 Å². The molecule has 0 saturated carbocycles. The third-order valence-corrected chi connectivity index (χ3v) is 6.94. The Kier molecular flexibility index (Phi) is 6.20. The van der Waals surface area contributed by atoms with Crippen molar-refractivity contribution < 1.29 is 9.21 Å². The van der Waals surface area contributed by atoms with Crippen molar-refractivity contribution in [2.45, 2.75) is 36.9 Å². The van der Waals surface area contributed by atoms with E-state index in [0.717, 1.165) is 37.9 Å². The Bertz CT molecular complexity index is 1160. The third-order valence-electron chi connectivity index (χ3n) is 4.94. The van der Waals surface area contributed by atoms with E-state index in [2.05, 4.69) is 41.4 Å². The lowest BCUT2D eigenvalue weighted by Crippen LogP contribution is -2.26. The lowest BCUT2D eigenvalue weighted by Gasteiger charge is -2.17. The normalized spacial score (nSPS) is 11.2. The number of benzene rings is 2. The van der Waals surface area contributed by atoms with Crippen LogP contribution in [0.15, 0.2) is 57.3 Å². The lowest BCUT2D eigenvalue weighted by atomic mass is 10.1. The number of carbonyl (C=O) groups is 1. The summed E-state index contributed by atoms with van der Waals surface area (Å²) in [5.41, 5.74) is 4.02. The number of thioether (sulfide) groups is 1. The molecule has 4 aromatic rings. The van der Waals surface area contributed by atoms with Crippen molar-refractivity contribution in [1.29, 1.82) is 0 Å². The van der Waals surface area contributed by atoms with Crippen LogP contribution in [0.2, 0.25) is 0 Å². The molecule has 0 spiro atoms. The van der Waals surface area contributed by atoms with Crippen molar-refractivity contribution in [2.75, 3.05) is 7.05 Å². The standard InChI is InChI=1S/C23H23N3O2S2/c1-4-16-9-11-17(12-10-16)13-26(3)22(27)21-19(14-29-23-25-24-15(2)30-23)18-7-5-6-8-20(18)28-21/h5-12H,4,13-14H2,1-3H3. The summed E-state index contributed by atoms with van der Waals surface area (Å²) in [7, 11) is 1.81. The van der Waals surface area contributed by atoms with E-state index >= 15 is 0 Å². The first kappa shape index (κ1) is 20.6. The van der Waals surface area contributed by atoms with Crippen molar-refractivity contribution in [2.24, 2.45) is 0 Å². The third kappa shape index (κ3) is 4.42. The van der Waals surface area contributed by atoms with E-state index in [1.54, 1.807) is 28.0 Å². The Balaban J connectivity index is 1.58. The Labute approximate surface area is 184 Å². The van der Waals surface area contributed by atoms with Gasteiger partial charge in [-0.2, -0.15) is 0 Å². The summed E-state index contributed by atoms with van der Waals surface area (Å²) in [5, 5.41) is 10.2. The number of nitrogens with zero attached hydrogens (tertiary/aromatic N) is 3. The SMILES string of the molecule is CCc1ccc(CN(C)C(=O)c2oc3ccccc3c2CSc2nnc(C)s2)cc1. The molecule has 0 bridgehead atoms. The molecule has 1 amide bonds. The minimum atomic E-state index is -0.116. The van der Waals surface area contributed by atoms with Gasteiger partial charge < -0.3 is 9.32 Å². The molecule has 0 fully saturated rings. The first-order chi connectivity index (χ1) is 14.5. The molecular formula is C23H23N3O2S2. The molecule has 7 heteroatoms. The van der Waals surface area contributed by atoms with Crippen LogP contribution in [-0.2, 0) is 18.7 Å². The average Bonchev–Trinajstić information content (AvgIpc) is 3.35. The van der Waals surface area contributed by atoms with Crippen molar-refractivity contribution in [3.63, 3.8) is 0 Å². The monoisotopic (exact) mass is 437 g/mol. The summed E-state index contributed by atoms with van der Waals surface area (Å²) in [5.74, 6) is 0.888. The quantitative estimate of drug-likeness (QED) is 0.346. The number of hydrogen-bond donors (Lipinski definition) is 0. The van der Waals surface area contributed by atoms with Crippen molar-refractivity contribution in [3.8, 4) is 0 Å². The molecule has 0 aliphatic heterocycles. The van der Waals surface area contributed by atoms with Crippen LogP contribution in [-0.4, -0.2) is 28.1 Å². The first-order valence-corrected chi connectivity index (χ1v) is 11.6. The number of rotatable bonds is 7. The molecule has 2 aromatic carbocycles. The minimum Gasteiger partial charge on any atom is -0.451 e. The van der Waals surface area contributed by atoms with Crippen LogP contribution >= 0.6 is 23.1 Å². The second-order valence-electron chi connectivity index (χ2n) is 7.11. The van der Waals surface area contributed by atoms with E-state index in [4.69, 9.17) is 4.42 Å². The highest BCUT2D eigenvalue weighted by molar-refractivity contribution is 8.00. The molecular weight excluding hydrogens is 414 g/mol. The van der Waals surface area contributed by atoms with Gasteiger partial charge >= 0.3 is 0 Å². The fraction of sp³-hybridized carbons (Fsp3) is 0.261. The van der Waals surface area contributed by atoms with E-state index in [1.807, 2.05) is 38.2 Å². The average molecular weight is 438 g/mol. The van der Waals surface area contributed by atoms with E-state index in [-0.39, 0.29) is 5.91 Å². The van der Waals surface area contributed by atoms with Gasteiger partial charge in [0.1, 0.15) is 10.6 Å². The summed E-state index contributed by atoms with van der Waals surface area (Å²) in [6.45, 7) is 4.60. The zero-order chi connectivity index (χ0) is 21.1. The molecule has 154 valence electrons. The fourth-order valence-electron chi connectivity index (χ4n) is 3.28. The maximum absolute atomic E-state index is 13.3. The Morgan fingerprint density at radius 2 is 1.83 bits per heavy atom. The van der Waals surface area contributed by atoms with Crippen molar-refractivity contribution in [3.05, 3.63) is 76.0 Å². The number of carbonyl (C=O) groups excluding carboxylic acids is 1. The van der Waals surface area contributed by atoms with Gasteiger partial charge in [-0.1, -0.05) is 72.5 Å². The maximum atomic E-state index is 13.3. The van der Waals surface area contributed by atoms with Crippen LogP contribution in [0.1, 0.15) is 39.2 Å². The molecule has 5 nitrogen and oxygen atoms in total. The molecule has 0 N–H and O–H groups in total. The molecule has 0 atom stereocenters. The van der Waals surface area contributed by atoms with Gasteiger partial charge in [-0.25, -0.2) is 0 Å². The van der Waals surface area contributed by atoms with Gasteiger partial charge in [0.15, 0.2) is 10.1 Å². The molecule has 0 unspecified atom stereocenters. The van der Waals surface area contributed by atoms with Gasteiger partial charge in [0.2, 0.25) is 0 Å². The van der Waals surface area contributed by atoms with Crippen LogP contribution in [0.25, 0.3) is 11.0 Å². The van der Waals surface area contributed by atoms with Crippen LogP contribution in [0.4, 0.5) is 0 Å². The molecule has 0 aliphatic rings. The van der Waals surface area contributed by atoms with Gasteiger partial charge in [-0.15, -0.1) is 10.2 Å². The van der Waals surface area contributed by atoms with E-state index in [1.165, 1.54) is 5.56 Å². The largest absolute Gasteiger partial charge is 0.451 e. The molecule has 4 rings (SSSR count). The Morgan fingerprint density at radius 3 is 2.53 bits per heavy atom. The van der Waals surface area contributed by atoms with Gasteiger partial charge in [0, 0.05) is 30.3 Å². The Morgan fingerprint density at radius 1 is 1.10 bits per heavy atom. The molecule has 0 aliphatic carbocycles. The smallest absolute Gasteiger partial charge is 0.289 e. The highest BCUT2D eigenvalue weighted by Gasteiger charge is 2.24.